The van der Waals surface area contributed by atoms with E-state index in [0.717, 1.165) is 25.3 Å². The van der Waals surface area contributed by atoms with Gasteiger partial charge in [-0.15, -0.1) is 0 Å². The monoisotopic (exact) mass is 397 g/mol. The van der Waals surface area contributed by atoms with E-state index in [1.54, 1.807) is 0 Å². The maximum atomic E-state index is 13.6. The predicted molar refractivity (Wildman–Crippen MR) is 88.0 cm³/mol. The summed E-state index contributed by atoms with van der Waals surface area (Å²) in [5.74, 6) is -4.24. The van der Waals surface area contributed by atoms with Gasteiger partial charge in [-0.25, -0.2) is 4.79 Å². The Morgan fingerprint density at radius 1 is 1.32 bits per heavy atom. The van der Waals surface area contributed by atoms with Crippen molar-refractivity contribution in [1.29, 1.82) is 0 Å². The summed E-state index contributed by atoms with van der Waals surface area (Å²) in [7, 11) is 1.02. The van der Waals surface area contributed by atoms with Crippen molar-refractivity contribution in [3.8, 4) is 5.75 Å². The minimum Gasteiger partial charge on any atom is -0.465 e. The first kappa shape index (κ1) is 19.5. The number of benzene rings is 1. The number of hydrogen-bond acceptors (Lipinski definition) is 7. The van der Waals surface area contributed by atoms with Gasteiger partial charge in [0.15, 0.2) is 5.76 Å². The summed E-state index contributed by atoms with van der Waals surface area (Å²) in [6.45, 7) is -0.692. The number of rotatable bonds is 3. The molecule has 1 aromatic heterocycles. The van der Waals surface area contributed by atoms with Gasteiger partial charge in [-0.1, -0.05) is 18.2 Å². The van der Waals surface area contributed by atoms with E-state index in [4.69, 9.17) is 14.9 Å². The summed E-state index contributed by atoms with van der Waals surface area (Å²) in [6.07, 6.45) is -4.76. The predicted octanol–water partition coefficient (Wildman–Crippen LogP) is 2.02. The second-order valence-electron chi connectivity index (χ2n) is 5.82. The fraction of sp³-hybridized carbons (Fsp3) is 0.222. The van der Waals surface area contributed by atoms with Crippen LogP contribution in [0.25, 0.3) is 0 Å². The van der Waals surface area contributed by atoms with Crippen LogP contribution in [0.15, 0.2) is 51.0 Å². The lowest BCUT2D eigenvalue weighted by Gasteiger charge is -2.28. The largest absolute Gasteiger partial charge is 0.465 e. The first-order chi connectivity index (χ1) is 13.2. The summed E-state index contributed by atoms with van der Waals surface area (Å²) < 4.78 is 55.9. The van der Waals surface area contributed by atoms with Gasteiger partial charge in [-0.3, -0.25) is 4.79 Å². The molecule has 0 amide bonds. The van der Waals surface area contributed by atoms with Gasteiger partial charge in [-0.2, -0.15) is 13.2 Å². The third kappa shape index (κ3) is 3.22. The lowest BCUT2D eigenvalue weighted by Crippen LogP contribution is -2.30. The quantitative estimate of drug-likeness (QED) is 0.762. The van der Waals surface area contributed by atoms with Crippen LogP contribution in [0, 0.1) is 0 Å². The van der Waals surface area contributed by atoms with Gasteiger partial charge >= 0.3 is 12.1 Å². The summed E-state index contributed by atoms with van der Waals surface area (Å²) in [5, 5.41) is 9.30. The van der Waals surface area contributed by atoms with E-state index in [-0.39, 0.29) is 17.1 Å². The number of nitrogens with two attached hydrogens (primary N) is 1. The van der Waals surface area contributed by atoms with Crippen LogP contribution >= 0.6 is 0 Å². The van der Waals surface area contributed by atoms with Gasteiger partial charge in [-0.05, 0) is 11.6 Å². The van der Waals surface area contributed by atoms with Crippen molar-refractivity contribution in [2.45, 2.75) is 18.7 Å². The molecule has 2 aromatic rings. The summed E-state index contributed by atoms with van der Waals surface area (Å²) in [5.41, 5.74) is 3.07. The highest BCUT2D eigenvalue weighted by Crippen LogP contribution is 2.45. The molecule has 28 heavy (non-hydrogen) atoms. The number of carbonyl (C=O) groups is 1. The maximum absolute atomic E-state index is 13.6. The van der Waals surface area contributed by atoms with Crippen molar-refractivity contribution in [1.82, 2.24) is 0 Å². The van der Waals surface area contributed by atoms with Gasteiger partial charge in [0.1, 0.15) is 17.9 Å². The minimum atomic E-state index is -4.76. The number of hydrogen-bond donors (Lipinski definition) is 2. The molecular formula is C18H14F3NO6. The minimum absolute atomic E-state index is 0.216. The lowest BCUT2D eigenvalue weighted by atomic mass is 9.84. The molecule has 10 heteroatoms. The van der Waals surface area contributed by atoms with Gasteiger partial charge in [0, 0.05) is 6.07 Å². The topological polar surface area (TPSA) is 112 Å². The summed E-state index contributed by atoms with van der Waals surface area (Å²) in [6, 6.07) is 5.38. The third-order valence-corrected chi connectivity index (χ3v) is 4.15. The fourth-order valence-electron chi connectivity index (χ4n) is 2.99. The standard InChI is InChI=1S/C18H14F3NO6/c1-26-17(25)13-12(9-4-2-3-5-10(9)18(19,20)21)15-14(28-16(13)22)11(24)6-8(7-23)27-15/h2-6,12,23H,7,22H2,1H3/t12-/m1/s1. The van der Waals surface area contributed by atoms with E-state index >= 15 is 0 Å². The van der Waals surface area contributed by atoms with E-state index in [9.17, 15) is 27.9 Å². The van der Waals surface area contributed by atoms with Crippen LogP contribution in [0.2, 0.25) is 0 Å². The number of halogens is 3. The Balaban J connectivity index is 2.39. The van der Waals surface area contributed by atoms with Crippen molar-refractivity contribution in [2.24, 2.45) is 5.73 Å². The number of esters is 1. The number of aliphatic hydroxyl groups excluding tert-OH is 1. The Kier molecular flexibility index (Phi) is 4.90. The molecule has 148 valence electrons. The Bertz CT molecular complexity index is 1020. The van der Waals surface area contributed by atoms with Crippen LogP contribution in [0.4, 0.5) is 13.2 Å². The third-order valence-electron chi connectivity index (χ3n) is 4.15. The normalized spacial score (nSPS) is 16.4. The molecule has 0 saturated heterocycles. The van der Waals surface area contributed by atoms with Crippen LogP contribution in [-0.2, 0) is 22.3 Å². The zero-order chi connectivity index (χ0) is 20.6. The molecular weight excluding hydrogens is 383 g/mol. The molecule has 1 aromatic carbocycles. The van der Waals surface area contributed by atoms with Gasteiger partial charge in [0.25, 0.3) is 0 Å². The molecule has 0 bridgehead atoms. The average Bonchev–Trinajstić information content (AvgIpc) is 2.66. The highest BCUT2D eigenvalue weighted by molar-refractivity contribution is 5.92. The Morgan fingerprint density at radius 2 is 2.00 bits per heavy atom. The van der Waals surface area contributed by atoms with E-state index in [0.29, 0.717) is 0 Å². The molecule has 0 unspecified atom stereocenters. The summed E-state index contributed by atoms with van der Waals surface area (Å²) in [4.78, 5) is 24.6. The van der Waals surface area contributed by atoms with Gasteiger partial charge in [0.05, 0.1) is 18.6 Å². The molecule has 3 N–H and O–H groups in total. The van der Waals surface area contributed by atoms with Crippen LogP contribution in [-0.4, -0.2) is 18.2 Å². The molecule has 0 spiro atoms. The molecule has 2 heterocycles. The Hall–Kier alpha value is -3.27. The van der Waals surface area contributed by atoms with Crippen LogP contribution in [0.1, 0.15) is 28.6 Å². The molecule has 0 fully saturated rings. The number of methoxy groups -OCH3 is 1. The summed E-state index contributed by atoms with van der Waals surface area (Å²) >= 11 is 0. The van der Waals surface area contributed by atoms with E-state index < -0.39 is 52.9 Å². The van der Waals surface area contributed by atoms with Crippen molar-refractivity contribution < 1.29 is 37.0 Å². The molecule has 0 radical (unpaired) electrons. The highest BCUT2D eigenvalue weighted by Gasteiger charge is 2.43. The van der Waals surface area contributed by atoms with Crippen LogP contribution in [0.3, 0.4) is 0 Å². The average molecular weight is 397 g/mol. The zero-order valence-corrected chi connectivity index (χ0v) is 14.4. The lowest BCUT2D eigenvalue weighted by molar-refractivity contribution is -0.139. The zero-order valence-electron chi connectivity index (χ0n) is 14.4. The van der Waals surface area contributed by atoms with Crippen LogP contribution < -0.4 is 15.9 Å². The number of fused-ring (bicyclic) bond motifs is 1. The first-order valence-corrected chi connectivity index (χ1v) is 7.88. The molecule has 1 atom stereocenters. The molecule has 7 nitrogen and oxygen atoms in total. The Labute approximate surface area is 155 Å². The van der Waals surface area contributed by atoms with E-state index in [2.05, 4.69) is 4.74 Å². The van der Waals surface area contributed by atoms with E-state index in [1.165, 1.54) is 12.1 Å². The SMILES string of the molecule is COC(=O)C1=C(N)Oc2c(oc(CO)cc2=O)[C@@H]1c1ccccc1C(F)(F)F. The van der Waals surface area contributed by atoms with Gasteiger partial charge < -0.3 is 24.7 Å². The Morgan fingerprint density at radius 3 is 2.61 bits per heavy atom. The smallest absolute Gasteiger partial charge is 0.416 e. The second kappa shape index (κ2) is 7.04. The van der Waals surface area contributed by atoms with Crippen molar-refractivity contribution in [3.63, 3.8) is 0 Å². The molecule has 0 aliphatic carbocycles. The highest BCUT2D eigenvalue weighted by atomic mass is 19.4. The first-order valence-electron chi connectivity index (χ1n) is 7.88. The maximum Gasteiger partial charge on any atom is 0.416 e. The molecule has 1 aliphatic rings. The fourth-order valence-corrected chi connectivity index (χ4v) is 2.99. The second-order valence-corrected chi connectivity index (χ2v) is 5.82. The van der Waals surface area contributed by atoms with E-state index in [1.807, 2.05) is 0 Å². The van der Waals surface area contributed by atoms with Gasteiger partial charge in [0.2, 0.25) is 17.1 Å². The molecule has 3 rings (SSSR count). The van der Waals surface area contributed by atoms with Crippen LogP contribution in [0.5, 0.6) is 5.75 Å². The number of ether oxygens (including phenoxy) is 2. The molecule has 0 saturated carbocycles. The number of alkyl halides is 3. The number of carbonyl (C=O) groups excluding carboxylic acids is 1. The van der Waals surface area contributed by atoms with Crippen molar-refractivity contribution in [2.75, 3.05) is 7.11 Å². The van der Waals surface area contributed by atoms with Crippen molar-refractivity contribution >= 4 is 5.97 Å². The van der Waals surface area contributed by atoms with Crippen molar-refractivity contribution in [3.05, 3.63) is 74.7 Å². The number of aliphatic hydroxyl groups is 1. The molecule has 1 aliphatic heterocycles.